The highest BCUT2D eigenvalue weighted by Gasteiger charge is 2.15. The summed E-state index contributed by atoms with van der Waals surface area (Å²) in [6.45, 7) is 0. The number of rotatable bonds is 2. The van der Waals surface area contributed by atoms with Crippen LogP contribution in [0, 0.1) is 0 Å². The van der Waals surface area contributed by atoms with Gasteiger partial charge in [0.05, 0.1) is 5.30 Å². The molecule has 0 aliphatic carbocycles. The van der Waals surface area contributed by atoms with Crippen LogP contribution in [-0.4, -0.2) is 9.79 Å². The maximum Gasteiger partial charge on any atom is 0.356 e. The van der Waals surface area contributed by atoms with Gasteiger partial charge in [0.15, 0.2) is 0 Å². The first kappa shape index (κ1) is 17.5. The molecule has 20 heavy (non-hydrogen) atoms. The average molecular weight is 353 g/mol. The Kier molecular flexibility index (Phi) is 6.47. The van der Waals surface area contributed by atoms with Crippen molar-refractivity contribution in [1.29, 1.82) is 0 Å². The summed E-state index contributed by atoms with van der Waals surface area (Å²) in [5, 5.41) is 0.549. The number of hydrogen-bond donors (Lipinski definition) is 2. The highest BCUT2D eigenvalue weighted by atomic mass is 35.9. The Labute approximate surface area is 126 Å². The molecule has 0 aromatic heterocycles. The van der Waals surface area contributed by atoms with Crippen molar-refractivity contribution in [3.05, 3.63) is 60.7 Å². The number of hydrogen-bond acceptors (Lipinski definition) is 2. The van der Waals surface area contributed by atoms with Gasteiger partial charge in [0, 0.05) is 5.30 Å². The first-order chi connectivity index (χ1) is 9.21. The monoisotopic (exact) mass is 352 g/mol. The van der Waals surface area contributed by atoms with E-state index in [1.165, 1.54) is 12.1 Å². The Morgan fingerprint density at radius 2 is 1.05 bits per heavy atom. The zero-order valence-corrected chi connectivity index (χ0v) is 13.4. The highest BCUT2D eigenvalue weighted by Crippen LogP contribution is 2.54. The molecule has 0 unspecified atom stereocenters. The second-order valence-electron chi connectivity index (χ2n) is 3.68. The van der Waals surface area contributed by atoms with Crippen LogP contribution >= 0.6 is 35.9 Å². The molecule has 2 rings (SSSR count). The maximum atomic E-state index is 10.9. The first-order valence-corrected chi connectivity index (χ1v) is 10.5. The van der Waals surface area contributed by atoms with Crippen molar-refractivity contribution in [3.8, 4) is 0 Å². The van der Waals surface area contributed by atoms with Crippen LogP contribution < -0.4 is 10.6 Å². The summed E-state index contributed by atoms with van der Waals surface area (Å²) in [6, 6.07) is 16.3. The topological polar surface area (TPSA) is 74.6 Å². The van der Waals surface area contributed by atoms with Crippen LogP contribution in [0.15, 0.2) is 60.7 Å². The molecule has 108 valence electrons. The summed E-state index contributed by atoms with van der Waals surface area (Å²) in [5.74, 6) is -3.07. The summed E-state index contributed by atoms with van der Waals surface area (Å²) < 4.78 is 21.5. The largest absolute Gasteiger partial charge is 0.356 e. The Morgan fingerprint density at radius 1 is 0.700 bits per heavy atom. The summed E-state index contributed by atoms with van der Waals surface area (Å²) in [5.41, 5.74) is 0. The smallest absolute Gasteiger partial charge is 0.321 e. The molecule has 4 nitrogen and oxygen atoms in total. The predicted octanol–water partition coefficient (Wildman–Crippen LogP) is 3.47. The van der Waals surface area contributed by atoms with Gasteiger partial charge in [0.1, 0.15) is 0 Å². The highest BCUT2D eigenvalue weighted by molar-refractivity contribution is 8.13. The van der Waals surface area contributed by atoms with Crippen molar-refractivity contribution in [3.63, 3.8) is 0 Å². The van der Waals surface area contributed by atoms with E-state index in [2.05, 4.69) is 0 Å². The van der Waals surface area contributed by atoms with Crippen molar-refractivity contribution in [1.82, 2.24) is 0 Å². The minimum Gasteiger partial charge on any atom is -0.321 e. The van der Waals surface area contributed by atoms with E-state index in [0.29, 0.717) is 5.30 Å². The molecular weight excluding hydrogens is 341 g/mol. The maximum absolute atomic E-state index is 10.9. The number of benzene rings is 2. The zero-order valence-electron chi connectivity index (χ0n) is 10.1. The first-order valence-electron chi connectivity index (χ1n) is 5.37. The summed E-state index contributed by atoms with van der Waals surface area (Å²) in [4.78, 5) is 17.2. The van der Waals surface area contributed by atoms with E-state index in [1.54, 1.807) is 42.5 Å². The van der Waals surface area contributed by atoms with Gasteiger partial charge in [-0.3, -0.25) is 9.13 Å². The van der Waals surface area contributed by atoms with E-state index >= 15 is 0 Å². The lowest BCUT2D eigenvalue weighted by Gasteiger charge is -2.00. The average Bonchev–Trinajstić information content (AvgIpc) is 2.40. The van der Waals surface area contributed by atoms with E-state index in [9.17, 15) is 9.13 Å². The molecule has 0 saturated heterocycles. The van der Waals surface area contributed by atoms with Crippen LogP contribution in [0.4, 0.5) is 0 Å². The fourth-order valence-corrected chi connectivity index (χ4v) is 2.98. The quantitative estimate of drug-likeness (QED) is 0.811. The van der Waals surface area contributed by atoms with Gasteiger partial charge in [-0.25, -0.2) is 0 Å². The van der Waals surface area contributed by atoms with Crippen LogP contribution in [0.1, 0.15) is 0 Å². The lowest BCUT2D eigenvalue weighted by atomic mass is 10.4. The van der Waals surface area contributed by atoms with Gasteiger partial charge in [-0.1, -0.05) is 36.4 Å². The Balaban J connectivity index is 0.000000200. The van der Waals surface area contributed by atoms with E-state index < -0.39 is 13.4 Å². The second kappa shape index (κ2) is 7.42. The van der Waals surface area contributed by atoms with Crippen LogP contribution in [0.5, 0.6) is 0 Å². The van der Waals surface area contributed by atoms with Crippen LogP contribution in [0.25, 0.3) is 0 Å². The third-order valence-corrected chi connectivity index (χ3v) is 5.19. The van der Waals surface area contributed by atoms with Gasteiger partial charge < -0.3 is 9.79 Å². The molecule has 8 heteroatoms. The van der Waals surface area contributed by atoms with Gasteiger partial charge in [-0.2, -0.15) is 0 Å². The molecule has 0 atom stereocenters. The van der Waals surface area contributed by atoms with Gasteiger partial charge in [-0.05, 0) is 46.7 Å². The lowest BCUT2D eigenvalue weighted by molar-refractivity contribution is 0.387. The van der Waals surface area contributed by atoms with E-state index in [1.807, 2.05) is 6.07 Å². The van der Waals surface area contributed by atoms with Crippen molar-refractivity contribution in [2.24, 2.45) is 0 Å². The third-order valence-electron chi connectivity index (χ3n) is 2.15. The standard InChI is InChI=1S/C6H5Cl2OP.C6H7O3P/c2*7-10(8,9)6-4-2-1-3-5-6/h1-5H;1-5H,(H2,7,8,9). The number of halogens is 2. The van der Waals surface area contributed by atoms with E-state index in [-0.39, 0.29) is 5.30 Å². The molecule has 2 aromatic carbocycles. The van der Waals surface area contributed by atoms with Crippen molar-refractivity contribution < 1.29 is 18.9 Å². The van der Waals surface area contributed by atoms with Gasteiger partial charge >= 0.3 is 7.60 Å². The van der Waals surface area contributed by atoms with E-state index in [0.717, 1.165) is 0 Å². The summed E-state index contributed by atoms with van der Waals surface area (Å²) >= 11 is 10.8. The van der Waals surface area contributed by atoms with Gasteiger partial charge in [-0.15, -0.1) is 0 Å². The van der Waals surface area contributed by atoms with Crippen LogP contribution in [-0.2, 0) is 9.13 Å². The Bertz CT molecular complexity index is 565. The van der Waals surface area contributed by atoms with Crippen molar-refractivity contribution in [2.45, 2.75) is 0 Å². The van der Waals surface area contributed by atoms with Crippen molar-refractivity contribution >= 4 is 46.5 Å². The van der Waals surface area contributed by atoms with Crippen LogP contribution in [0.2, 0.25) is 0 Å². The fraction of sp³-hybridized carbons (Fsp3) is 0. The van der Waals surface area contributed by atoms with Crippen LogP contribution in [0.3, 0.4) is 0 Å². The molecule has 0 bridgehead atoms. The fourth-order valence-electron chi connectivity index (χ4n) is 1.22. The molecule has 2 aromatic rings. The predicted molar refractivity (Wildman–Crippen MR) is 83.5 cm³/mol. The molecule has 0 saturated carbocycles. The van der Waals surface area contributed by atoms with Crippen molar-refractivity contribution in [2.75, 3.05) is 0 Å². The Morgan fingerprint density at radius 3 is 1.25 bits per heavy atom. The summed E-state index contributed by atoms with van der Waals surface area (Å²) in [6.07, 6.45) is 0. The minimum atomic E-state index is -4.02. The zero-order chi connectivity index (χ0) is 15.2. The second-order valence-corrected chi connectivity index (χ2v) is 10.1. The SMILES string of the molecule is O=P(Cl)(Cl)c1ccccc1.O=P(O)(O)c1ccccc1. The molecule has 0 radical (unpaired) electrons. The molecule has 0 fully saturated rings. The Hall–Kier alpha value is -0.600. The van der Waals surface area contributed by atoms with Gasteiger partial charge in [0.25, 0.3) is 5.85 Å². The molecular formula is C12H12Cl2O4P2. The molecule has 0 aliphatic heterocycles. The molecule has 0 aliphatic rings. The van der Waals surface area contributed by atoms with Gasteiger partial charge in [0.2, 0.25) is 0 Å². The summed E-state index contributed by atoms with van der Waals surface area (Å²) in [7, 11) is -4.02. The third kappa shape index (κ3) is 6.23. The van der Waals surface area contributed by atoms with E-state index in [4.69, 9.17) is 32.3 Å². The molecule has 0 heterocycles. The molecule has 0 amide bonds. The minimum absolute atomic E-state index is 0.0648. The molecule has 2 N–H and O–H groups in total. The normalized spacial score (nSPS) is 11.4. The lowest BCUT2D eigenvalue weighted by Crippen LogP contribution is -2.01. The molecule has 0 spiro atoms.